The molecule has 0 aromatic rings. The van der Waals surface area contributed by atoms with Crippen LogP contribution in [-0.4, -0.2) is 0 Å². The van der Waals surface area contributed by atoms with Gasteiger partial charge in [-0.1, -0.05) is 29.9 Å². The van der Waals surface area contributed by atoms with E-state index < -0.39 is 0 Å². The van der Waals surface area contributed by atoms with Gasteiger partial charge in [0.1, 0.15) is 0 Å². The molecule has 0 saturated carbocycles. The van der Waals surface area contributed by atoms with Crippen LogP contribution in [0.2, 0.25) is 0 Å². The highest BCUT2D eigenvalue weighted by Crippen LogP contribution is 2.22. The molecule has 0 aromatic carbocycles. The third kappa shape index (κ3) is 2.38. The Balaban J connectivity index is 2.95. The van der Waals surface area contributed by atoms with Crippen molar-refractivity contribution in [2.24, 2.45) is 0 Å². The molecule has 60 valence electrons. The number of hydrogen-bond donors (Lipinski definition) is 0. The van der Waals surface area contributed by atoms with Crippen LogP contribution in [0.4, 0.5) is 0 Å². The molecule has 0 spiro atoms. The maximum absolute atomic E-state index is 7.85. The SMILES string of the molecule is [2H]C1=C(C=CC)CCCC1=CC. The lowest BCUT2D eigenvalue weighted by atomic mass is 9.95. The van der Waals surface area contributed by atoms with Crippen LogP contribution in [0.5, 0.6) is 0 Å². The Morgan fingerprint density at radius 3 is 2.91 bits per heavy atom. The third-order valence-electron chi connectivity index (χ3n) is 1.93. The van der Waals surface area contributed by atoms with E-state index in [0.717, 1.165) is 18.9 Å². The van der Waals surface area contributed by atoms with Crippen LogP contribution >= 0.6 is 0 Å². The Kier molecular flexibility index (Phi) is 2.62. The van der Waals surface area contributed by atoms with Crippen LogP contribution in [-0.2, 0) is 0 Å². The largest absolute Gasteiger partial charge is 0.0874 e. The molecule has 0 unspecified atom stereocenters. The summed E-state index contributed by atoms with van der Waals surface area (Å²) < 4.78 is 7.85. The summed E-state index contributed by atoms with van der Waals surface area (Å²) in [5.41, 5.74) is 2.39. The van der Waals surface area contributed by atoms with Crippen molar-refractivity contribution in [2.75, 3.05) is 0 Å². The quantitative estimate of drug-likeness (QED) is 0.534. The van der Waals surface area contributed by atoms with Gasteiger partial charge >= 0.3 is 0 Å². The van der Waals surface area contributed by atoms with E-state index in [0.29, 0.717) is 0 Å². The topological polar surface area (TPSA) is 0 Å². The summed E-state index contributed by atoms with van der Waals surface area (Å²) in [6.45, 7) is 4.02. The van der Waals surface area contributed by atoms with E-state index in [1.54, 1.807) is 0 Å². The van der Waals surface area contributed by atoms with Crippen molar-refractivity contribution < 1.29 is 1.37 Å². The van der Waals surface area contributed by atoms with E-state index in [-0.39, 0.29) is 0 Å². The summed E-state index contributed by atoms with van der Waals surface area (Å²) in [4.78, 5) is 0. The van der Waals surface area contributed by atoms with Gasteiger partial charge < -0.3 is 0 Å². The Hall–Kier alpha value is -0.780. The van der Waals surface area contributed by atoms with E-state index >= 15 is 0 Å². The van der Waals surface area contributed by atoms with Gasteiger partial charge in [-0.3, -0.25) is 0 Å². The number of rotatable bonds is 1. The second kappa shape index (κ2) is 4.17. The van der Waals surface area contributed by atoms with Gasteiger partial charge in [0.05, 0.1) is 1.37 Å². The van der Waals surface area contributed by atoms with Gasteiger partial charge in [-0.2, -0.15) is 0 Å². The van der Waals surface area contributed by atoms with Crippen LogP contribution in [0.15, 0.2) is 35.4 Å². The highest BCUT2D eigenvalue weighted by atomic mass is 14.1. The summed E-state index contributed by atoms with van der Waals surface area (Å²) in [6.07, 6.45) is 9.48. The van der Waals surface area contributed by atoms with E-state index in [1.165, 1.54) is 17.6 Å². The Morgan fingerprint density at radius 2 is 2.27 bits per heavy atom. The first-order valence-electron chi connectivity index (χ1n) is 4.77. The lowest BCUT2D eigenvalue weighted by Crippen LogP contribution is -1.91. The summed E-state index contributed by atoms with van der Waals surface area (Å²) >= 11 is 0. The molecule has 0 bridgehead atoms. The molecule has 1 rings (SSSR count). The van der Waals surface area contributed by atoms with Gasteiger partial charge in [-0.05, 0) is 38.7 Å². The van der Waals surface area contributed by atoms with Crippen molar-refractivity contribution in [3.63, 3.8) is 0 Å². The van der Waals surface area contributed by atoms with Gasteiger partial charge in [0.15, 0.2) is 0 Å². The summed E-state index contributed by atoms with van der Waals surface area (Å²) in [5.74, 6) is 0. The van der Waals surface area contributed by atoms with Crippen LogP contribution in [0.25, 0.3) is 0 Å². The van der Waals surface area contributed by atoms with E-state index in [2.05, 4.69) is 12.2 Å². The van der Waals surface area contributed by atoms with Crippen LogP contribution in [0, 0.1) is 0 Å². The predicted molar refractivity (Wildman–Crippen MR) is 50.5 cm³/mol. The minimum absolute atomic E-state index is 0.752. The molecule has 0 nitrogen and oxygen atoms in total. The van der Waals surface area contributed by atoms with Crippen LogP contribution < -0.4 is 0 Å². The molecule has 0 saturated heterocycles. The summed E-state index contributed by atoms with van der Waals surface area (Å²) in [7, 11) is 0. The standard InChI is InChI=1S/C11H16/c1-3-6-11-8-5-7-10(4-2)9-11/h3-4,6,9H,5,7-8H2,1-2H3/i9D. The summed E-state index contributed by atoms with van der Waals surface area (Å²) in [6, 6.07) is 0.752. The molecule has 0 aliphatic heterocycles. The van der Waals surface area contributed by atoms with E-state index in [9.17, 15) is 0 Å². The highest BCUT2D eigenvalue weighted by Gasteiger charge is 2.02. The molecule has 11 heavy (non-hydrogen) atoms. The zero-order valence-corrected chi connectivity index (χ0v) is 7.35. The lowest BCUT2D eigenvalue weighted by Gasteiger charge is -2.11. The van der Waals surface area contributed by atoms with Crippen molar-refractivity contribution in [3.8, 4) is 0 Å². The van der Waals surface area contributed by atoms with Gasteiger partial charge in [0.2, 0.25) is 0 Å². The monoisotopic (exact) mass is 149 g/mol. The Labute approximate surface area is 70.7 Å². The van der Waals surface area contributed by atoms with Gasteiger partial charge in [-0.15, -0.1) is 0 Å². The van der Waals surface area contributed by atoms with Crippen molar-refractivity contribution in [1.29, 1.82) is 0 Å². The molecule has 0 N–H and O–H groups in total. The summed E-state index contributed by atoms with van der Waals surface area (Å²) in [5, 5.41) is 0. The van der Waals surface area contributed by atoms with Crippen LogP contribution in [0.1, 0.15) is 34.5 Å². The smallest absolute Gasteiger partial charge is 0.0628 e. The highest BCUT2D eigenvalue weighted by molar-refractivity contribution is 5.32. The van der Waals surface area contributed by atoms with Gasteiger partial charge in [0, 0.05) is 0 Å². The molecule has 1 aliphatic rings. The Morgan fingerprint density at radius 1 is 1.45 bits per heavy atom. The minimum atomic E-state index is 0.752. The van der Waals surface area contributed by atoms with E-state index in [4.69, 9.17) is 1.37 Å². The molecule has 0 heteroatoms. The average Bonchev–Trinajstić information content (AvgIpc) is 2.09. The molecular formula is C11H16. The van der Waals surface area contributed by atoms with Crippen molar-refractivity contribution >= 4 is 0 Å². The molecule has 0 heterocycles. The maximum Gasteiger partial charge on any atom is 0.0628 e. The molecule has 0 fully saturated rings. The lowest BCUT2D eigenvalue weighted by molar-refractivity contribution is 0.796. The number of hydrogen-bond acceptors (Lipinski definition) is 0. The fourth-order valence-corrected chi connectivity index (χ4v) is 1.34. The van der Waals surface area contributed by atoms with Crippen LogP contribution in [0.3, 0.4) is 0 Å². The first-order chi connectivity index (χ1) is 5.79. The maximum atomic E-state index is 7.85. The normalized spacial score (nSPS) is 24.9. The first-order valence-corrected chi connectivity index (χ1v) is 4.27. The van der Waals surface area contributed by atoms with Crippen molar-refractivity contribution in [1.82, 2.24) is 0 Å². The molecule has 0 aromatic heterocycles. The average molecular weight is 149 g/mol. The van der Waals surface area contributed by atoms with Gasteiger partial charge in [0.25, 0.3) is 0 Å². The van der Waals surface area contributed by atoms with Crippen molar-refractivity contribution in [2.45, 2.75) is 33.1 Å². The molecular weight excluding hydrogens is 132 g/mol. The third-order valence-corrected chi connectivity index (χ3v) is 1.93. The zero-order valence-electron chi connectivity index (χ0n) is 8.35. The number of allylic oxidation sites excluding steroid dienone is 6. The predicted octanol–water partition coefficient (Wildman–Crippen LogP) is 3.62. The fourth-order valence-electron chi connectivity index (χ4n) is 1.34. The minimum Gasteiger partial charge on any atom is -0.0874 e. The first kappa shape index (κ1) is 6.90. The molecule has 0 radical (unpaired) electrons. The van der Waals surface area contributed by atoms with Gasteiger partial charge in [-0.25, -0.2) is 0 Å². The van der Waals surface area contributed by atoms with Crippen molar-refractivity contribution in [3.05, 3.63) is 35.4 Å². The molecule has 0 amide bonds. The second-order valence-electron chi connectivity index (χ2n) is 2.82. The fraction of sp³-hybridized carbons (Fsp3) is 0.455. The van der Waals surface area contributed by atoms with E-state index in [1.807, 2.05) is 19.9 Å². The Bertz CT molecular complexity index is 244. The zero-order chi connectivity index (χ0) is 8.97. The molecule has 1 aliphatic carbocycles. The molecule has 0 atom stereocenters. The second-order valence-corrected chi connectivity index (χ2v) is 2.82.